The Morgan fingerprint density at radius 3 is 2.62 bits per heavy atom. The number of nitrogens with zero attached hydrogens (tertiary/aromatic N) is 1. The highest BCUT2D eigenvalue weighted by atomic mass is 16.5. The predicted molar refractivity (Wildman–Crippen MR) is 106 cm³/mol. The Labute approximate surface area is 154 Å². The summed E-state index contributed by atoms with van der Waals surface area (Å²) < 4.78 is 7.80. The summed E-state index contributed by atoms with van der Waals surface area (Å²) in [5.41, 5.74) is 7.26. The van der Waals surface area contributed by atoms with E-state index in [1.54, 1.807) is 22.8 Å². The van der Waals surface area contributed by atoms with Gasteiger partial charge in [0.2, 0.25) is 5.91 Å². The second kappa shape index (κ2) is 8.85. The van der Waals surface area contributed by atoms with Crippen molar-refractivity contribution in [2.75, 3.05) is 11.9 Å². The lowest BCUT2D eigenvalue weighted by Crippen LogP contribution is -2.28. The van der Waals surface area contributed by atoms with Gasteiger partial charge >= 0.3 is 0 Å². The zero-order valence-corrected chi connectivity index (χ0v) is 16.1. The summed E-state index contributed by atoms with van der Waals surface area (Å²) in [6.45, 7) is 9.03. The molecule has 2 aromatic rings. The molecule has 3 N–H and O–H groups in total. The molecule has 0 aliphatic carbocycles. The monoisotopic (exact) mass is 359 g/mol. The Morgan fingerprint density at radius 2 is 2.04 bits per heavy atom. The molecule has 1 heterocycles. The van der Waals surface area contributed by atoms with Gasteiger partial charge in [0.05, 0.1) is 17.7 Å². The van der Waals surface area contributed by atoms with Gasteiger partial charge in [-0.1, -0.05) is 27.2 Å². The van der Waals surface area contributed by atoms with Crippen LogP contribution in [0.5, 0.6) is 5.75 Å². The van der Waals surface area contributed by atoms with E-state index in [-0.39, 0.29) is 18.0 Å². The third kappa shape index (κ3) is 4.43. The first kappa shape index (κ1) is 20.0. The zero-order chi connectivity index (χ0) is 19.3. The quantitative estimate of drug-likeness (QED) is 0.708. The first-order valence-electron chi connectivity index (χ1n) is 9.18. The first-order valence-corrected chi connectivity index (χ1v) is 9.18. The molecule has 0 aliphatic rings. The minimum absolute atomic E-state index is 0.0774. The molecule has 6 heteroatoms. The largest absolute Gasteiger partial charge is 0.491 e. The summed E-state index contributed by atoms with van der Waals surface area (Å²) in [4.78, 5) is 24.4. The van der Waals surface area contributed by atoms with Crippen molar-refractivity contribution < 1.29 is 9.53 Å². The van der Waals surface area contributed by atoms with Gasteiger partial charge < -0.3 is 20.4 Å². The van der Waals surface area contributed by atoms with Gasteiger partial charge in [-0.25, -0.2) is 0 Å². The number of amides is 1. The SMILES string of the molecule is CCCCOc1c(CN)n(CC(C)C)c(=O)c2ccc(NC(C)=O)cc12. The smallest absolute Gasteiger partial charge is 0.258 e. The molecule has 0 fully saturated rings. The van der Waals surface area contributed by atoms with Crippen LogP contribution in [-0.4, -0.2) is 17.1 Å². The fourth-order valence-corrected chi connectivity index (χ4v) is 2.99. The summed E-state index contributed by atoms with van der Waals surface area (Å²) >= 11 is 0. The topological polar surface area (TPSA) is 86.3 Å². The minimum atomic E-state index is -0.162. The third-order valence-electron chi connectivity index (χ3n) is 4.13. The molecule has 1 amide bonds. The van der Waals surface area contributed by atoms with E-state index >= 15 is 0 Å². The number of hydrogen-bond acceptors (Lipinski definition) is 4. The maximum atomic E-state index is 13.0. The van der Waals surface area contributed by atoms with Crippen molar-refractivity contribution in [3.05, 3.63) is 34.2 Å². The number of benzene rings is 1. The summed E-state index contributed by atoms with van der Waals surface area (Å²) in [5, 5.41) is 4.03. The molecule has 1 aromatic heterocycles. The normalized spacial score (nSPS) is 11.2. The van der Waals surface area contributed by atoms with Crippen LogP contribution < -0.4 is 21.3 Å². The number of ether oxygens (including phenoxy) is 1. The van der Waals surface area contributed by atoms with Crippen molar-refractivity contribution in [2.24, 2.45) is 11.7 Å². The lowest BCUT2D eigenvalue weighted by Gasteiger charge is -2.21. The highest BCUT2D eigenvalue weighted by molar-refractivity contribution is 5.95. The number of carbonyl (C=O) groups is 1. The van der Waals surface area contributed by atoms with Crippen LogP contribution in [0.25, 0.3) is 10.8 Å². The molecule has 0 bridgehead atoms. The molecule has 0 unspecified atom stereocenters. The van der Waals surface area contributed by atoms with Crippen LogP contribution >= 0.6 is 0 Å². The maximum absolute atomic E-state index is 13.0. The second-order valence-corrected chi connectivity index (χ2v) is 6.93. The van der Waals surface area contributed by atoms with E-state index in [4.69, 9.17) is 10.5 Å². The van der Waals surface area contributed by atoms with E-state index in [0.717, 1.165) is 12.8 Å². The number of fused-ring (bicyclic) bond motifs is 1. The van der Waals surface area contributed by atoms with Crippen molar-refractivity contribution in [1.29, 1.82) is 0 Å². The van der Waals surface area contributed by atoms with E-state index in [9.17, 15) is 9.59 Å². The number of aromatic nitrogens is 1. The highest BCUT2D eigenvalue weighted by Gasteiger charge is 2.18. The molecule has 2 rings (SSSR count). The van der Waals surface area contributed by atoms with Gasteiger partial charge in [-0.05, 0) is 30.5 Å². The number of nitrogens with two attached hydrogens (primary N) is 1. The van der Waals surface area contributed by atoms with E-state index < -0.39 is 0 Å². The Bertz CT molecular complexity index is 840. The summed E-state index contributed by atoms with van der Waals surface area (Å²) in [6, 6.07) is 5.27. The van der Waals surface area contributed by atoms with Gasteiger partial charge in [0, 0.05) is 31.1 Å². The van der Waals surface area contributed by atoms with Crippen molar-refractivity contribution in [2.45, 2.75) is 53.6 Å². The average molecular weight is 359 g/mol. The third-order valence-corrected chi connectivity index (χ3v) is 4.13. The van der Waals surface area contributed by atoms with Gasteiger partial charge in [-0.3, -0.25) is 9.59 Å². The summed E-state index contributed by atoms with van der Waals surface area (Å²) in [6.07, 6.45) is 1.93. The van der Waals surface area contributed by atoms with Gasteiger partial charge in [0.1, 0.15) is 5.75 Å². The predicted octanol–water partition coefficient (Wildman–Crippen LogP) is 3.25. The number of pyridine rings is 1. The van der Waals surface area contributed by atoms with Crippen LogP contribution in [-0.2, 0) is 17.9 Å². The van der Waals surface area contributed by atoms with Crippen molar-refractivity contribution >= 4 is 22.4 Å². The van der Waals surface area contributed by atoms with Crippen LogP contribution in [0.3, 0.4) is 0 Å². The molecule has 26 heavy (non-hydrogen) atoms. The van der Waals surface area contributed by atoms with E-state index in [2.05, 4.69) is 26.1 Å². The van der Waals surface area contributed by atoms with Crippen LogP contribution in [0.4, 0.5) is 5.69 Å². The van der Waals surface area contributed by atoms with Gasteiger partial charge in [-0.2, -0.15) is 0 Å². The molecule has 1 aromatic carbocycles. The molecule has 0 saturated heterocycles. The molecule has 6 nitrogen and oxygen atoms in total. The molecule has 0 atom stereocenters. The standard InChI is InChI=1S/C20H29N3O3/c1-5-6-9-26-19-17-10-15(22-14(4)24)7-8-16(17)20(25)23(12-13(2)3)18(19)11-21/h7-8,10,13H,5-6,9,11-12,21H2,1-4H3,(H,22,24). The maximum Gasteiger partial charge on any atom is 0.258 e. The summed E-state index contributed by atoms with van der Waals surface area (Å²) in [7, 11) is 0. The Kier molecular flexibility index (Phi) is 6.80. The first-order chi connectivity index (χ1) is 12.4. The molecule has 0 spiro atoms. The minimum Gasteiger partial charge on any atom is -0.491 e. The number of unbranched alkanes of at least 4 members (excludes halogenated alkanes) is 1. The highest BCUT2D eigenvalue weighted by Crippen LogP contribution is 2.30. The zero-order valence-electron chi connectivity index (χ0n) is 16.1. The van der Waals surface area contributed by atoms with E-state index in [1.807, 2.05) is 0 Å². The number of anilines is 1. The molecule has 0 radical (unpaired) electrons. The molecular weight excluding hydrogens is 330 g/mol. The number of rotatable bonds is 8. The van der Waals surface area contributed by atoms with Crippen LogP contribution in [0.15, 0.2) is 23.0 Å². The second-order valence-electron chi connectivity index (χ2n) is 6.93. The lowest BCUT2D eigenvalue weighted by molar-refractivity contribution is -0.114. The molecule has 0 saturated carbocycles. The fourth-order valence-electron chi connectivity index (χ4n) is 2.99. The average Bonchev–Trinajstić information content (AvgIpc) is 2.58. The lowest BCUT2D eigenvalue weighted by atomic mass is 10.1. The van der Waals surface area contributed by atoms with Crippen LogP contribution in [0, 0.1) is 5.92 Å². The fraction of sp³-hybridized carbons (Fsp3) is 0.500. The Hall–Kier alpha value is -2.34. The Balaban J connectivity index is 2.72. The van der Waals surface area contributed by atoms with Crippen molar-refractivity contribution in [1.82, 2.24) is 4.57 Å². The number of nitrogens with one attached hydrogen (secondary N) is 1. The number of hydrogen-bond donors (Lipinski definition) is 2. The van der Waals surface area contributed by atoms with Crippen molar-refractivity contribution in [3.63, 3.8) is 0 Å². The van der Waals surface area contributed by atoms with Crippen molar-refractivity contribution in [3.8, 4) is 5.75 Å². The van der Waals surface area contributed by atoms with Gasteiger partial charge in [0.15, 0.2) is 0 Å². The van der Waals surface area contributed by atoms with E-state index in [1.165, 1.54) is 6.92 Å². The van der Waals surface area contributed by atoms with Crippen LogP contribution in [0.1, 0.15) is 46.2 Å². The summed E-state index contributed by atoms with van der Waals surface area (Å²) in [5.74, 6) is 0.783. The van der Waals surface area contributed by atoms with Gasteiger partial charge in [0.25, 0.3) is 5.56 Å². The van der Waals surface area contributed by atoms with Gasteiger partial charge in [-0.15, -0.1) is 0 Å². The Morgan fingerprint density at radius 1 is 1.31 bits per heavy atom. The number of carbonyl (C=O) groups excluding carboxylic acids is 1. The molecule has 0 aliphatic heterocycles. The molecule has 142 valence electrons. The molecular formula is C20H29N3O3. The van der Waals surface area contributed by atoms with Crippen LogP contribution in [0.2, 0.25) is 0 Å². The van der Waals surface area contributed by atoms with E-state index in [0.29, 0.717) is 47.0 Å².